The van der Waals surface area contributed by atoms with E-state index in [1.165, 1.54) is 18.4 Å². The summed E-state index contributed by atoms with van der Waals surface area (Å²) in [6.45, 7) is 6.31. The molecule has 1 aromatic rings. The molecule has 8 rings (SSSR count). The molecule has 2 saturated carbocycles. The second-order valence-corrected chi connectivity index (χ2v) is 11.4. The molecule has 2 aliphatic heterocycles. The number of benzene rings is 1. The fourth-order valence-corrected chi connectivity index (χ4v) is 8.31. The van der Waals surface area contributed by atoms with Gasteiger partial charge in [-0.1, -0.05) is 24.3 Å². The topological polar surface area (TPSA) is 73.2 Å². The third-order valence-corrected chi connectivity index (χ3v) is 9.86. The number of likely N-dealkylation sites (N-methyl/N-ethyl adjacent to an activating group) is 1. The second kappa shape index (κ2) is 6.22. The maximum absolute atomic E-state index is 13.6. The lowest BCUT2D eigenvalue weighted by atomic mass is 9.37. The Kier molecular flexibility index (Phi) is 3.79. The number of aromatic hydroxyl groups is 1. The van der Waals surface area contributed by atoms with E-state index in [4.69, 9.17) is 4.74 Å². The molecule has 3 fully saturated rings. The summed E-state index contributed by atoms with van der Waals surface area (Å²) in [4.78, 5) is 18.0. The number of amides is 1. The third-order valence-electron chi connectivity index (χ3n) is 9.86. The highest BCUT2D eigenvalue weighted by molar-refractivity contribution is 5.82. The fraction of sp³-hybridized carbons (Fsp3) is 0.593. The van der Waals surface area contributed by atoms with Gasteiger partial charge < -0.3 is 19.8 Å². The molecule has 6 nitrogen and oxygen atoms in total. The van der Waals surface area contributed by atoms with E-state index in [0.717, 1.165) is 37.4 Å². The molecule has 2 spiro atoms. The van der Waals surface area contributed by atoms with Crippen LogP contribution in [0.4, 0.5) is 0 Å². The molecule has 2 heterocycles. The van der Waals surface area contributed by atoms with Crippen molar-refractivity contribution in [2.75, 3.05) is 26.7 Å². The number of nitrogens with zero attached hydrogens (tertiary/aromatic N) is 2. The van der Waals surface area contributed by atoms with E-state index in [2.05, 4.69) is 23.6 Å². The molecule has 2 N–H and O–H groups in total. The van der Waals surface area contributed by atoms with Crippen molar-refractivity contribution in [1.29, 1.82) is 0 Å². The molecule has 0 radical (unpaired) electrons. The van der Waals surface area contributed by atoms with Crippen LogP contribution in [0, 0.1) is 17.3 Å². The van der Waals surface area contributed by atoms with Crippen LogP contribution in [-0.4, -0.2) is 70.3 Å². The van der Waals surface area contributed by atoms with Gasteiger partial charge in [-0.25, -0.2) is 0 Å². The minimum absolute atomic E-state index is 0.0580. The zero-order chi connectivity index (χ0) is 22.8. The lowest BCUT2D eigenvalue weighted by Crippen LogP contribution is -2.80. The third kappa shape index (κ3) is 2.20. The predicted molar refractivity (Wildman–Crippen MR) is 123 cm³/mol. The van der Waals surface area contributed by atoms with Gasteiger partial charge in [0.05, 0.1) is 11.3 Å². The van der Waals surface area contributed by atoms with Crippen LogP contribution in [0.5, 0.6) is 11.5 Å². The summed E-state index contributed by atoms with van der Waals surface area (Å²) >= 11 is 0. The van der Waals surface area contributed by atoms with Crippen molar-refractivity contribution in [2.24, 2.45) is 17.3 Å². The molecule has 0 aromatic heterocycles. The van der Waals surface area contributed by atoms with Crippen LogP contribution in [0.1, 0.15) is 36.8 Å². The summed E-state index contributed by atoms with van der Waals surface area (Å²) in [5.74, 6) is 0.822. The van der Waals surface area contributed by atoms with Gasteiger partial charge in [0.1, 0.15) is 11.7 Å². The Balaban J connectivity index is 1.43. The highest BCUT2D eigenvalue weighted by Gasteiger charge is 2.79. The maximum Gasteiger partial charge on any atom is 0.229 e. The number of carbonyl (C=O) groups excluding carboxylic acids is 1. The van der Waals surface area contributed by atoms with Gasteiger partial charge in [-0.3, -0.25) is 9.69 Å². The SMILES string of the molecule is C=CCN(C)C(=O)[C@H]1C[C@@]23C=CC1(O)C1Oc4c(O)ccc5c4[C@@]12CCN(CC1CC1)[C@H]3C5. The molecular formula is C27H32N2O4. The minimum atomic E-state index is -1.41. The minimum Gasteiger partial charge on any atom is -0.504 e. The molecule has 6 atom stereocenters. The summed E-state index contributed by atoms with van der Waals surface area (Å²) in [6.07, 6.45) is 10.3. The Bertz CT molecular complexity index is 1110. The number of phenolic OH excluding ortho intramolecular Hbond substituents is 1. The number of fused-ring (bicyclic) bond motifs is 1. The Morgan fingerprint density at radius 3 is 2.94 bits per heavy atom. The van der Waals surface area contributed by atoms with Gasteiger partial charge in [-0.15, -0.1) is 6.58 Å². The molecule has 7 aliphatic rings. The first-order valence-corrected chi connectivity index (χ1v) is 12.4. The van der Waals surface area contributed by atoms with Crippen LogP contribution in [0.3, 0.4) is 0 Å². The summed E-state index contributed by atoms with van der Waals surface area (Å²) < 4.78 is 6.53. The number of hydrogen-bond acceptors (Lipinski definition) is 5. The number of carbonyl (C=O) groups is 1. The highest BCUT2D eigenvalue weighted by atomic mass is 16.5. The van der Waals surface area contributed by atoms with Gasteiger partial charge in [0.2, 0.25) is 5.91 Å². The largest absolute Gasteiger partial charge is 0.504 e. The lowest BCUT2D eigenvalue weighted by molar-refractivity contribution is -0.209. The van der Waals surface area contributed by atoms with E-state index >= 15 is 0 Å². The van der Waals surface area contributed by atoms with Gasteiger partial charge in [-0.2, -0.15) is 0 Å². The highest BCUT2D eigenvalue weighted by Crippen LogP contribution is 2.74. The molecule has 33 heavy (non-hydrogen) atoms. The number of ether oxygens (including phenoxy) is 1. The molecule has 1 saturated heterocycles. The van der Waals surface area contributed by atoms with E-state index in [0.29, 0.717) is 18.7 Å². The van der Waals surface area contributed by atoms with E-state index in [-0.39, 0.29) is 23.1 Å². The van der Waals surface area contributed by atoms with Gasteiger partial charge in [0.25, 0.3) is 0 Å². The number of rotatable bonds is 5. The number of aliphatic hydroxyl groups is 1. The van der Waals surface area contributed by atoms with Crippen LogP contribution in [0.25, 0.3) is 0 Å². The van der Waals surface area contributed by atoms with Crippen molar-refractivity contribution >= 4 is 5.91 Å². The molecule has 174 valence electrons. The van der Waals surface area contributed by atoms with Crippen LogP contribution in [0.15, 0.2) is 36.9 Å². The number of hydrogen-bond donors (Lipinski definition) is 2. The summed E-state index contributed by atoms with van der Waals surface area (Å²) in [6, 6.07) is 4.06. The predicted octanol–water partition coefficient (Wildman–Crippen LogP) is 2.38. The lowest BCUT2D eigenvalue weighted by Gasteiger charge is -2.70. The Morgan fingerprint density at radius 1 is 1.36 bits per heavy atom. The smallest absolute Gasteiger partial charge is 0.229 e. The monoisotopic (exact) mass is 448 g/mol. The van der Waals surface area contributed by atoms with Gasteiger partial charge in [0, 0.05) is 37.2 Å². The van der Waals surface area contributed by atoms with E-state index < -0.39 is 23.0 Å². The molecular weight excluding hydrogens is 416 g/mol. The van der Waals surface area contributed by atoms with E-state index in [9.17, 15) is 15.0 Å². The molecule has 1 amide bonds. The zero-order valence-electron chi connectivity index (χ0n) is 19.2. The molecule has 5 aliphatic carbocycles. The van der Waals surface area contributed by atoms with Crippen molar-refractivity contribution in [3.05, 3.63) is 48.1 Å². The first-order chi connectivity index (χ1) is 15.9. The summed E-state index contributed by atoms with van der Waals surface area (Å²) in [7, 11) is 1.78. The van der Waals surface area contributed by atoms with E-state index in [1.54, 1.807) is 24.1 Å². The van der Waals surface area contributed by atoms with Crippen molar-refractivity contribution in [2.45, 2.75) is 55.3 Å². The van der Waals surface area contributed by atoms with Crippen LogP contribution >= 0.6 is 0 Å². The summed E-state index contributed by atoms with van der Waals surface area (Å²) in [5.41, 5.74) is 0.228. The standard InChI is InChI=1S/C27H32N2O4/c1-3-11-28(2)23(31)18-14-25-8-9-27(18,32)24-26(25)10-12-29(15-16-4-5-16)20(25)13-17-6-7-19(30)22(33-24)21(17)26/h3,6-9,16,18,20,24,30,32H,1,4-5,10-15H2,2H3/t18-,20+,24?,25-,26+,27?/m1/s1. The van der Waals surface area contributed by atoms with Gasteiger partial charge in [-0.05, 0) is 56.2 Å². The van der Waals surface area contributed by atoms with Crippen LogP contribution < -0.4 is 4.74 Å². The molecule has 1 aromatic carbocycles. The zero-order valence-corrected chi connectivity index (χ0v) is 19.2. The number of piperidine rings is 1. The Labute approximate surface area is 194 Å². The van der Waals surface area contributed by atoms with Crippen molar-refractivity contribution < 1.29 is 19.7 Å². The van der Waals surface area contributed by atoms with Crippen molar-refractivity contribution in [1.82, 2.24) is 9.80 Å². The second-order valence-electron chi connectivity index (χ2n) is 11.4. The van der Waals surface area contributed by atoms with Crippen LogP contribution in [-0.2, 0) is 16.6 Å². The summed E-state index contributed by atoms with van der Waals surface area (Å²) in [5, 5.41) is 22.9. The molecule has 4 bridgehead atoms. The van der Waals surface area contributed by atoms with Crippen molar-refractivity contribution in [3.8, 4) is 11.5 Å². The Morgan fingerprint density at radius 2 is 2.18 bits per heavy atom. The average molecular weight is 449 g/mol. The number of likely N-dealkylation sites (tertiary alicyclic amines) is 1. The maximum atomic E-state index is 13.6. The first kappa shape index (κ1) is 20.1. The van der Waals surface area contributed by atoms with Crippen molar-refractivity contribution in [3.63, 3.8) is 0 Å². The Hall–Kier alpha value is -2.31. The quantitative estimate of drug-likeness (QED) is 0.677. The average Bonchev–Trinajstić information content (AvgIpc) is 3.54. The first-order valence-electron chi connectivity index (χ1n) is 12.4. The normalized spacial score (nSPS) is 41.5. The van der Waals surface area contributed by atoms with Gasteiger partial charge >= 0.3 is 0 Å². The molecule has 2 unspecified atom stereocenters. The van der Waals surface area contributed by atoms with E-state index in [1.807, 2.05) is 6.08 Å². The molecule has 6 heteroatoms. The van der Waals surface area contributed by atoms with Gasteiger partial charge in [0.15, 0.2) is 11.5 Å². The fourth-order valence-electron chi connectivity index (χ4n) is 8.31. The van der Waals surface area contributed by atoms with Crippen LogP contribution in [0.2, 0.25) is 0 Å². The number of phenols is 1.